The Kier molecular flexibility index (Phi) is 3.89. The second kappa shape index (κ2) is 5.31. The maximum Gasteiger partial charge on any atom is 0.342 e. The third-order valence-corrected chi connectivity index (χ3v) is 3.45. The summed E-state index contributed by atoms with van der Waals surface area (Å²) in [6.07, 6.45) is 2.43. The zero-order valence-corrected chi connectivity index (χ0v) is 12.9. The molecule has 108 valence electrons. The predicted molar refractivity (Wildman–Crippen MR) is 80.2 cm³/mol. The number of rotatable bonds is 3. The molecule has 0 aliphatic carbocycles. The molecule has 0 atom stereocenters. The molecule has 0 aliphatic rings. The van der Waals surface area contributed by atoms with E-state index in [0.29, 0.717) is 12.2 Å². The van der Waals surface area contributed by atoms with Gasteiger partial charge >= 0.3 is 5.97 Å². The molecule has 0 radical (unpaired) electrons. The third-order valence-electron chi connectivity index (χ3n) is 3.45. The van der Waals surface area contributed by atoms with Crippen LogP contribution in [0.1, 0.15) is 56.1 Å². The molecule has 0 amide bonds. The molecule has 20 heavy (non-hydrogen) atoms. The van der Waals surface area contributed by atoms with E-state index in [1.54, 1.807) is 6.92 Å². The van der Waals surface area contributed by atoms with Gasteiger partial charge in [-0.2, -0.15) is 0 Å². The van der Waals surface area contributed by atoms with Gasteiger partial charge in [0, 0.05) is 10.9 Å². The van der Waals surface area contributed by atoms with Gasteiger partial charge in [-0.25, -0.2) is 4.79 Å². The Morgan fingerprint density at radius 1 is 1.25 bits per heavy atom. The Morgan fingerprint density at radius 3 is 2.50 bits per heavy atom. The number of furan rings is 1. The molecule has 0 fully saturated rings. The van der Waals surface area contributed by atoms with Crippen LogP contribution in [-0.2, 0) is 16.6 Å². The summed E-state index contributed by atoms with van der Waals surface area (Å²) in [6.45, 7) is 10.7. The van der Waals surface area contributed by atoms with Crippen LogP contribution in [0.3, 0.4) is 0 Å². The van der Waals surface area contributed by atoms with Crippen molar-refractivity contribution < 1.29 is 13.9 Å². The number of hydrogen-bond donors (Lipinski definition) is 0. The molecule has 0 bridgehead atoms. The molecular formula is C17H22O3. The Morgan fingerprint density at radius 2 is 1.95 bits per heavy atom. The van der Waals surface area contributed by atoms with Crippen molar-refractivity contribution in [1.82, 2.24) is 0 Å². The van der Waals surface area contributed by atoms with Gasteiger partial charge in [0.25, 0.3) is 0 Å². The van der Waals surface area contributed by atoms with E-state index < -0.39 is 0 Å². The van der Waals surface area contributed by atoms with E-state index in [9.17, 15) is 4.79 Å². The summed E-state index contributed by atoms with van der Waals surface area (Å²) in [7, 11) is 0. The standard InChI is InChI=1S/C17H22O3/c1-6-11-8-12-13(16(18)19-7-2)10-20-15(12)14(9-11)17(3,4)5/h8-10H,6-7H2,1-5H3. The average Bonchev–Trinajstić information content (AvgIpc) is 2.80. The maximum atomic E-state index is 12.0. The molecular weight excluding hydrogens is 252 g/mol. The van der Waals surface area contributed by atoms with Gasteiger partial charge in [-0.05, 0) is 30.4 Å². The molecule has 0 unspecified atom stereocenters. The number of carbonyl (C=O) groups is 1. The fraction of sp³-hybridized carbons (Fsp3) is 0.471. The van der Waals surface area contributed by atoms with Crippen LogP contribution in [0.15, 0.2) is 22.8 Å². The van der Waals surface area contributed by atoms with Crippen molar-refractivity contribution in [2.24, 2.45) is 0 Å². The van der Waals surface area contributed by atoms with Crippen molar-refractivity contribution >= 4 is 16.9 Å². The first kappa shape index (κ1) is 14.6. The van der Waals surface area contributed by atoms with E-state index in [0.717, 1.165) is 23.0 Å². The number of benzene rings is 1. The van der Waals surface area contributed by atoms with Crippen LogP contribution in [0.4, 0.5) is 0 Å². The molecule has 0 N–H and O–H groups in total. The first-order chi connectivity index (χ1) is 9.38. The molecule has 3 nitrogen and oxygen atoms in total. The second-order valence-electron chi connectivity index (χ2n) is 5.99. The zero-order chi connectivity index (χ0) is 14.9. The fourth-order valence-electron chi connectivity index (χ4n) is 2.33. The summed E-state index contributed by atoms with van der Waals surface area (Å²) in [5.74, 6) is -0.320. The summed E-state index contributed by atoms with van der Waals surface area (Å²) in [5, 5.41) is 0.854. The highest BCUT2D eigenvalue weighted by atomic mass is 16.5. The molecule has 1 heterocycles. The minimum Gasteiger partial charge on any atom is -0.463 e. The van der Waals surface area contributed by atoms with Gasteiger partial charge in [0.05, 0.1) is 6.61 Å². The monoisotopic (exact) mass is 274 g/mol. The third kappa shape index (κ3) is 2.58. The number of ether oxygens (including phenoxy) is 1. The quantitative estimate of drug-likeness (QED) is 0.775. The number of carbonyl (C=O) groups excluding carboxylic acids is 1. The predicted octanol–water partition coefficient (Wildman–Crippen LogP) is 4.47. The number of aryl methyl sites for hydroxylation is 1. The van der Waals surface area contributed by atoms with Crippen molar-refractivity contribution in [3.63, 3.8) is 0 Å². The van der Waals surface area contributed by atoms with Crippen LogP contribution >= 0.6 is 0 Å². The van der Waals surface area contributed by atoms with Crippen LogP contribution in [-0.4, -0.2) is 12.6 Å². The summed E-state index contributed by atoms with van der Waals surface area (Å²) in [6, 6.07) is 4.20. The summed E-state index contributed by atoms with van der Waals surface area (Å²) in [4.78, 5) is 12.0. The van der Waals surface area contributed by atoms with Crippen molar-refractivity contribution in [1.29, 1.82) is 0 Å². The van der Waals surface area contributed by atoms with Gasteiger partial charge in [-0.3, -0.25) is 0 Å². The van der Waals surface area contributed by atoms with E-state index in [1.807, 2.05) is 6.07 Å². The lowest BCUT2D eigenvalue weighted by atomic mass is 9.84. The van der Waals surface area contributed by atoms with E-state index in [-0.39, 0.29) is 11.4 Å². The average molecular weight is 274 g/mol. The highest BCUT2D eigenvalue weighted by Gasteiger charge is 2.23. The van der Waals surface area contributed by atoms with E-state index in [4.69, 9.17) is 9.15 Å². The number of esters is 1. The van der Waals surface area contributed by atoms with Gasteiger partial charge < -0.3 is 9.15 Å². The fourth-order valence-corrected chi connectivity index (χ4v) is 2.33. The lowest BCUT2D eigenvalue weighted by Crippen LogP contribution is -2.12. The molecule has 0 saturated heterocycles. The SMILES string of the molecule is CCOC(=O)c1coc2c(C(C)(C)C)cc(CC)cc12. The van der Waals surface area contributed by atoms with Gasteiger partial charge in [0.1, 0.15) is 17.4 Å². The van der Waals surface area contributed by atoms with Gasteiger partial charge in [0.2, 0.25) is 0 Å². The normalized spacial score (nSPS) is 11.8. The summed E-state index contributed by atoms with van der Waals surface area (Å²) >= 11 is 0. The first-order valence-corrected chi connectivity index (χ1v) is 7.10. The Hall–Kier alpha value is -1.77. The minimum absolute atomic E-state index is 0.0345. The molecule has 2 rings (SSSR count). The largest absolute Gasteiger partial charge is 0.463 e. The number of fused-ring (bicyclic) bond motifs is 1. The van der Waals surface area contributed by atoms with Crippen molar-refractivity contribution in [2.45, 2.75) is 46.5 Å². The first-order valence-electron chi connectivity index (χ1n) is 7.10. The Bertz CT molecular complexity index is 629. The zero-order valence-electron chi connectivity index (χ0n) is 12.9. The molecule has 3 heteroatoms. The van der Waals surface area contributed by atoms with Crippen molar-refractivity contribution in [3.8, 4) is 0 Å². The highest BCUT2D eigenvalue weighted by Crippen LogP contribution is 2.34. The smallest absolute Gasteiger partial charge is 0.342 e. The van der Waals surface area contributed by atoms with E-state index in [2.05, 4.69) is 33.8 Å². The van der Waals surface area contributed by atoms with Gasteiger partial charge in [-0.15, -0.1) is 0 Å². The number of hydrogen-bond acceptors (Lipinski definition) is 3. The van der Waals surface area contributed by atoms with Crippen LogP contribution in [0.2, 0.25) is 0 Å². The van der Waals surface area contributed by atoms with Crippen molar-refractivity contribution in [3.05, 3.63) is 35.1 Å². The molecule has 1 aromatic heterocycles. The van der Waals surface area contributed by atoms with Crippen LogP contribution in [0, 0.1) is 0 Å². The lowest BCUT2D eigenvalue weighted by Gasteiger charge is -2.20. The molecule has 1 aromatic carbocycles. The van der Waals surface area contributed by atoms with Crippen molar-refractivity contribution in [2.75, 3.05) is 6.61 Å². The van der Waals surface area contributed by atoms with Crippen LogP contribution in [0.5, 0.6) is 0 Å². The van der Waals surface area contributed by atoms with E-state index in [1.165, 1.54) is 11.8 Å². The summed E-state index contributed by atoms with van der Waals surface area (Å²) in [5.41, 5.74) is 3.60. The maximum absolute atomic E-state index is 12.0. The topological polar surface area (TPSA) is 39.4 Å². The van der Waals surface area contributed by atoms with E-state index >= 15 is 0 Å². The Labute approximate surface area is 119 Å². The van der Waals surface area contributed by atoms with Gasteiger partial charge in [-0.1, -0.05) is 33.8 Å². The molecule has 0 aliphatic heterocycles. The van der Waals surface area contributed by atoms with Gasteiger partial charge in [0.15, 0.2) is 0 Å². The Balaban J connectivity index is 2.69. The summed E-state index contributed by atoms with van der Waals surface area (Å²) < 4.78 is 10.8. The van der Waals surface area contributed by atoms with Crippen LogP contribution in [0.25, 0.3) is 11.0 Å². The molecule has 0 saturated carbocycles. The minimum atomic E-state index is -0.320. The molecule has 2 aromatic rings. The molecule has 0 spiro atoms. The van der Waals surface area contributed by atoms with Crippen LogP contribution < -0.4 is 0 Å². The highest BCUT2D eigenvalue weighted by molar-refractivity contribution is 6.04. The lowest BCUT2D eigenvalue weighted by molar-refractivity contribution is 0.0527. The second-order valence-corrected chi connectivity index (χ2v) is 5.99.